The molecular weight excluding hydrogens is 300 g/mol. The molecule has 0 aliphatic heterocycles. The Morgan fingerprint density at radius 2 is 2.19 bits per heavy atom. The smallest absolute Gasteiger partial charge is 0.320 e. The minimum absolute atomic E-state index is 0.169. The van der Waals surface area contributed by atoms with Gasteiger partial charge in [-0.2, -0.15) is 10.2 Å². The highest BCUT2D eigenvalue weighted by Gasteiger charge is 2.28. The first-order chi connectivity index (χ1) is 9.81. The molecule has 10 heteroatoms. The highest BCUT2D eigenvalue weighted by atomic mass is 35.5. The predicted octanol–water partition coefficient (Wildman–Crippen LogP) is 0.987. The summed E-state index contributed by atoms with van der Waals surface area (Å²) in [6.07, 6.45) is 2.66. The maximum absolute atomic E-state index is 12.3. The highest BCUT2D eigenvalue weighted by molar-refractivity contribution is 6.31. The lowest BCUT2D eigenvalue weighted by molar-refractivity contribution is -0.385. The van der Waals surface area contributed by atoms with Crippen LogP contribution >= 0.6 is 11.6 Å². The minimum atomic E-state index is -0.634. The number of nitrogens with zero attached hydrogens (tertiary/aromatic N) is 6. The molecule has 0 aliphatic carbocycles. The standard InChI is InChI=1S/C11H13ClN6O3/c1-15(5-8-7(12)4-13-17(8)3)11(19)10-9(18(20)21)6-16(2)14-10/h4,6H,5H2,1-3H3. The van der Waals surface area contributed by atoms with E-state index in [2.05, 4.69) is 10.2 Å². The number of aromatic nitrogens is 4. The summed E-state index contributed by atoms with van der Waals surface area (Å²) in [7, 11) is 4.73. The zero-order valence-corrected chi connectivity index (χ0v) is 12.4. The second-order valence-electron chi connectivity index (χ2n) is 4.52. The van der Waals surface area contributed by atoms with Crippen molar-refractivity contribution in [1.29, 1.82) is 0 Å². The van der Waals surface area contributed by atoms with Gasteiger partial charge in [-0.15, -0.1) is 0 Å². The maximum atomic E-state index is 12.3. The normalized spacial score (nSPS) is 10.7. The Labute approximate surface area is 124 Å². The first-order valence-electron chi connectivity index (χ1n) is 5.91. The van der Waals surface area contributed by atoms with E-state index in [0.29, 0.717) is 10.7 Å². The van der Waals surface area contributed by atoms with Crippen molar-refractivity contribution in [2.75, 3.05) is 7.05 Å². The third kappa shape index (κ3) is 2.87. The summed E-state index contributed by atoms with van der Waals surface area (Å²) in [6, 6.07) is 0. The van der Waals surface area contributed by atoms with E-state index in [1.165, 1.54) is 36.1 Å². The van der Waals surface area contributed by atoms with Crippen LogP contribution in [0.2, 0.25) is 5.02 Å². The molecule has 0 spiro atoms. The van der Waals surface area contributed by atoms with Crippen LogP contribution in [0.3, 0.4) is 0 Å². The van der Waals surface area contributed by atoms with Crippen LogP contribution < -0.4 is 0 Å². The molecule has 0 N–H and O–H groups in total. The Morgan fingerprint density at radius 3 is 2.71 bits per heavy atom. The van der Waals surface area contributed by atoms with Crippen LogP contribution in [0, 0.1) is 10.1 Å². The lowest BCUT2D eigenvalue weighted by Crippen LogP contribution is -2.28. The maximum Gasteiger partial charge on any atom is 0.320 e. The molecular formula is C11H13ClN6O3. The van der Waals surface area contributed by atoms with E-state index < -0.39 is 10.8 Å². The van der Waals surface area contributed by atoms with Crippen LogP contribution in [0.15, 0.2) is 12.4 Å². The molecule has 0 fully saturated rings. The van der Waals surface area contributed by atoms with Crippen molar-refractivity contribution >= 4 is 23.2 Å². The van der Waals surface area contributed by atoms with Crippen LogP contribution in [0.1, 0.15) is 16.2 Å². The lowest BCUT2D eigenvalue weighted by Gasteiger charge is -2.16. The Morgan fingerprint density at radius 1 is 1.52 bits per heavy atom. The Hall–Kier alpha value is -2.42. The monoisotopic (exact) mass is 312 g/mol. The molecule has 0 saturated heterocycles. The highest BCUT2D eigenvalue weighted by Crippen LogP contribution is 2.20. The fraction of sp³-hybridized carbons (Fsp3) is 0.364. The van der Waals surface area contributed by atoms with Crippen molar-refractivity contribution < 1.29 is 9.72 Å². The van der Waals surface area contributed by atoms with Crippen molar-refractivity contribution in [2.24, 2.45) is 14.1 Å². The van der Waals surface area contributed by atoms with E-state index >= 15 is 0 Å². The summed E-state index contributed by atoms with van der Waals surface area (Å²) in [5.74, 6) is -0.556. The number of amides is 1. The molecule has 0 aliphatic rings. The first kappa shape index (κ1) is 15.0. The van der Waals surface area contributed by atoms with Gasteiger partial charge in [0.05, 0.1) is 28.4 Å². The van der Waals surface area contributed by atoms with E-state index in [0.717, 1.165) is 0 Å². The third-order valence-corrected chi connectivity index (χ3v) is 3.27. The van der Waals surface area contributed by atoms with Gasteiger partial charge in [0.1, 0.15) is 6.20 Å². The molecule has 9 nitrogen and oxygen atoms in total. The zero-order valence-electron chi connectivity index (χ0n) is 11.6. The van der Waals surface area contributed by atoms with Gasteiger partial charge in [-0.25, -0.2) is 0 Å². The average Bonchev–Trinajstić information content (AvgIpc) is 2.95. The number of carbonyl (C=O) groups excluding carboxylic acids is 1. The van der Waals surface area contributed by atoms with Crippen LogP contribution in [-0.2, 0) is 20.6 Å². The van der Waals surface area contributed by atoms with Gasteiger partial charge < -0.3 is 4.90 Å². The number of hydrogen-bond acceptors (Lipinski definition) is 5. The fourth-order valence-electron chi connectivity index (χ4n) is 1.85. The molecule has 0 unspecified atom stereocenters. The number of nitro groups is 1. The van der Waals surface area contributed by atoms with E-state index in [1.807, 2.05) is 0 Å². The largest absolute Gasteiger partial charge is 0.334 e. The molecule has 21 heavy (non-hydrogen) atoms. The first-order valence-corrected chi connectivity index (χ1v) is 6.29. The Bertz CT molecular complexity index is 687. The van der Waals surface area contributed by atoms with Gasteiger partial charge in [-0.1, -0.05) is 11.6 Å². The van der Waals surface area contributed by atoms with E-state index in [4.69, 9.17) is 11.6 Å². The van der Waals surface area contributed by atoms with Gasteiger partial charge in [-0.05, 0) is 0 Å². The van der Waals surface area contributed by atoms with Gasteiger partial charge in [0.15, 0.2) is 0 Å². The van der Waals surface area contributed by atoms with Gasteiger partial charge in [0.25, 0.3) is 5.91 Å². The van der Waals surface area contributed by atoms with Gasteiger partial charge in [-0.3, -0.25) is 24.3 Å². The SMILES string of the molecule is CN(Cc1c(Cl)cnn1C)C(=O)c1nn(C)cc1[N+](=O)[O-]. The topological polar surface area (TPSA) is 99.1 Å². The molecule has 0 saturated carbocycles. The van der Waals surface area contributed by atoms with E-state index in [-0.39, 0.29) is 17.9 Å². The Kier molecular flexibility index (Phi) is 3.94. The number of rotatable bonds is 4. The predicted molar refractivity (Wildman–Crippen MR) is 73.9 cm³/mol. The van der Waals surface area contributed by atoms with E-state index in [1.54, 1.807) is 11.7 Å². The molecule has 112 valence electrons. The van der Waals surface area contributed by atoms with Crippen molar-refractivity contribution in [3.8, 4) is 0 Å². The van der Waals surface area contributed by atoms with Crippen molar-refractivity contribution in [3.63, 3.8) is 0 Å². The summed E-state index contributed by atoms with van der Waals surface area (Å²) in [5, 5.41) is 19.2. The van der Waals surface area contributed by atoms with Gasteiger partial charge in [0.2, 0.25) is 5.69 Å². The van der Waals surface area contributed by atoms with Gasteiger partial charge in [0, 0.05) is 21.1 Å². The minimum Gasteiger partial charge on any atom is -0.334 e. The molecule has 0 bridgehead atoms. The fourth-order valence-corrected chi connectivity index (χ4v) is 2.08. The molecule has 0 radical (unpaired) electrons. The summed E-state index contributed by atoms with van der Waals surface area (Å²) in [6.45, 7) is 0.169. The molecule has 2 aromatic rings. The van der Waals surface area contributed by atoms with Crippen molar-refractivity contribution in [2.45, 2.75) is 6.54 Å². The third-order valence-electron chi connectivity index (χ3n) is 2.95. The molecule has 0 aromatic carbocycles. The number of halogens is 1. The van der Waals surface area contributed by atoms with Gasteiger partial charge >= 0.3 is 5.69 Å². The van der Waals surface area contributed by atoms with Crippen molar-refractivity contribution in [1.82, 2.24) is 24.5 Å². The molecule has 1 amide bonds. The van der Waals surface area contributed by atoms with Crippen LogP contribution in [0.5, 0.6) is 0 Å². The molecule has 2 aromatic heterocycles. The second-order valence-corrected chi connectivity index (χ2v) is 4.92. The average molecular weight is 313 g/mol. The molecule has 0 atom stereocenters. The summed E-state index contributed by atoms with van der Waals surface area (Å²) >= 11 is 5.98. The molecule has 2 heterocycles. The second kappa shape index (κ2) is 5.52. The molecule has 2 rings (SSSR count). The number of carbonyl (C=O) groups is 1. The number of hydrogen-bond donors (Lipinski definition) is 0. The van der Waals surface area contributed by atoms with E-state index in [9.17, 15) is 14.9 Å². The van der Waals surface area contributed by atoms with Crippen LogP contribution in [-0.4, -0.2) is 42.3 Å². The zero-order chi connectivity index (χ0) is 15.7. The Balaban J connectivity index is 2.26. The summed E-state index contributed by atoms with van der Waals surface area (Å²) in [5.41, 5.74) is 0.0971. The van der Waals surface area contributed by atoms with Crippen LogP contribution in [0.4, 0.5) is 5.69 Å². The quantitative estimate of drug-likeness (QED) is 0.619. The summed E-state index contributed by atoms with van der Waals surface area (Å²) < 4.78 is 2.77. The lowest BCUT2D eigenvalue weighted by atomic mass is 10.3. The van der Waals surface area contributed by atoms with Crippen molar-refractivity contribution in [3.05, 3.63) is 38.9 Å². The summed E-state index contributed by atoms with van der Waals surface area (Å²) in [4.78, 5) is 23.9. The number of aryl methyl sites for hydroxylation is 2. The van der Waals surface area contributed by atoms with Crippen LogP contribution in [0.25, 0.3) is 0 Å².